The third kappa shape index (κ3) is 1.81. The first-order chi connectivity index (χ1) is 6.20. The zero-order chi connectivity index (χ0) is 9.84. The largest absolute Gasteiger partial charge is 0.507 e. The van der Waals surface area contributed by atoms with Crippen LogP contribution in [0.25, 0.3) is 12.2 Å². The van der Waals surface area contributed by atoms with Crippen molar-refractivity contribution in [1.82, 2.24) is 0 Å². The van der Waals surface area contributed by atoms with E-state index in [1.54, 1.807) is 12.1 Å². The van der Waals surface area contributed by atoms with Crippen LogP contribution in [0.4, 0.5) is 0 Å². The molecule has 0 fully saturated rings. The van der Waals surface area contributed by atoms with Crippen LogP contribution in [0.1, 0.15) is 23.6 Å². The van der Waals surface area contributed by atoms with Gasteiger partial charge in [-0.3, -0.25) is 0 Å². The molecule has 0 atom stereocenters. The molecule has 0 aromatic heterocycles. The van der Waals surface area contributed by atoms with E-state index in [1.807, 2.05) is 32.1 Å². The molecule has 68 valence electrons. The summed E-state index contributed by atoms with van der Waals surface area (Å²) in [6.07, 6.45) is 5.56. The van der Waals surface area contributed by atoms with Crippen molar-refractivity contribution < 1.29 is 5.11 Å². The molecule has 1 heteroatoms. The van der Waals surface area contributed by atoms with Gasteiger partial charge in [0.2, 0.25) is 0 Å². The predicted octanol–water partition coefficient (Wildman–Crippen LogP) is 3.38. The van der Waals surface area contributed by atoms with Gasteiger partial charge in [-0.25, -0.2) is 0 Å². The molecule has 1 aromatic rings. The predicted molar refractivity (Wildman–Crippen MR) is 57.6 cm³/mol. The van der Waals surface area contributed by atoms with E-state index >= 15 is 0 Å². The van der Waals surface area contributed by atoms with E-state index in [4.69, 9.17) is 0 Å². The van der Waals surface area contributed by atoms with E-state index in [2.05, 4.69) is 6.58 Å². The number of benzene rings is 1. The molecular formula is C12H14O. The standard InChI is InChI=1S/C12H14O/c1-4-6-11-10(5-2)9(3)7-8-12(11)13/h4-8,13H,2H2,1,3H3/b6-4-. The van der Waals surface area contributed by atoms with Crippen molar-refractivity contribution in [3.63, 3.8) is 0 Å². The SMILES string of the molecule is C=Cc1c(C)ccc(O)c1/C=C\C. The van der Waals surface area contributed by atoms with Crippen LogP contribution in [-0.4, -0.2) is 5.11 Å². The fraction of sp³-hybridized carbons (Fsp3) is 0.167. The molecule has 0 aliphatic carbocycles. The van der Waals surface area contributed by atoms with Gasteiger partial charge in [0.1, 0.15) is 5.75 Å². The highest BCUT2D eigenvalue weighted by Crippen LogP contribution is 2.26. The highest BCUT2D eigenvalue weighted by atomic mass is 16.3. The Kier molecular flexibility index (Phi) is 2.91. The van der Waals surface area contributed by atoms with Gasteiger partial charge in [0.15, 0.2) is 0 Å². The highest BCUT2D eigenvalue weighted by molar-refractivity contribution is 5.71. The molecule has 0 saturated heterocycles. The quantitative estimate of drug-likeness (QED) is 0.728. The molecule has 0 radical (unpaired) electrons. The molecule has 0 bridgehead atoms. The van der Waals surface area contributed by atoms with Crippen molar-refractivity contribution in [2.45, 2.75) is 13.8 Å². The number of hydrogen-bond acceptors (Lipinski definition) is 1. The van der Waals surface area contributed by atoms with Gasteiger partial charge in [-0.2, -0.15) is 0 Å². The first-order valence-corrected chi connectivity index (χ1v) is 4.28. The lowest BCUT2D eigenvalue weighted by molar-refractivity contribution is 0.473. The Labute approximate surface area is 79.0 Å². The van der Waals surface area contributed by atoms with Gasteiger partial charge in [-0.15, -0.1) is 0 Å². The molecule has 0 aliphatic heterocycles. The van der Waals surface area contributed by atoms with Crippen LogP contribution in [0.3, 0.4) is 0 Å². The third-order valence-electron chi connectivity index (χ3n) is 2.02. The molecule has 13 heavy (non-hydrogen) atoms. The number of phenols is 1. The van der Waals surface area contributed by atoms with E-state index in [0.717, 1.165) is 16.7 Å². The molecule has 0 saturated carbocycles. The fourth-order valence-corrected chi connectivity index (χ4v) is 1.35. The summed E-state index contributed by atoms with van der Waals surface area (Å²) in [6.45, 7) is 7.66. The van der Waals surface area contributed by atoms with Crippen molar-refractivity contribution in [3.05, 3.63) is 41.5 Å². The second kappa shape index (κ2) is 3.94. The lowest BCUT2D eigenvalue weighted by atomic mass is 10.0. The fourth-order valence-electron chi connectivity index (χ4n) is 1.35. The number of hydrogen-bond donors (Lipinski definition) is 1. The Balaban J connectivity index is 3.42. The normalized spacial score (nSPS) is 10.6. The molecule has 0 unspecified atom stereocenters. The second-order valence-electron chi connectivity index (χ2n) is 2.93. The summed E-state index contributed by atoms with van der Waals surface area (Å²) >= 11 is 0. The van der Waals surface area contributed by atoms with Crippen LogP contribution >= 0.6 is 0 Å². The molecular weight excluding hydrogens is 160 g/mol. The maximum Gasteiger partial charge on any atom is 0.123 e. The maximum absolute atomic E-state index is 9.58. The van der Waals surface area contributed by atoms with Gasteiger partial charge < -0.3 is 5.11 Å². The number of aromatic hydroxyl groups is 1. The lowest BCUT2D eigenvalue weighted by Crippen LogP contribution is -1.86. The van der Waals surface area contributed by atoms with Gasteiger partial charge in [0.05, 0.1) is 0 Å². The van der Waals surface area contributed by atoms with E-state index in [1.165, 1.54) is 0 Å². The second-order valence-corrected chi connectivity index (χ2v) is 2.93. The summed E-state index contributed by atoms with van der Waals surface area (Å²) in [5, 5.41) is 9.58. The van der Waals surface area contributed by atoms with E-state index in [-0.39, 0.29) is 0 Å². The molecule has 1 aromatic carbocycles. The lowest BCUT2D eigenvalue weighted by Gasteiger charge is -2.07. The molecule has 0 amide bonds. The van der Waals surface area contributed by atoms with Crippen LogP contribution in [0.15, 0.2) is 24.8 Å². The van der Waals surface area contributed by atoms with Crippen molar-refractivity contribution in [1.29, 1.82) is 0 Å². The van der Waals surface area contributed by atoms with Crippen LogP contribution < -0.4 is 0 Å². The van der Waals surface area contributed by atoms with Gasteiger partial charge >= 0.3 is 0 Å². The first kappa shape index (κ1) is 9.59. The monoisotopic (exact) mass is 174 g/mol. The molecule has 1 N–H and O–H groups in total. The summed E-state index contributed by atoms with van der Waals surface area (Å²) in [5.74, 6) is 0.304. The Morgan fingerprint density at radius 1 is 1.31 bits per heavy atom. The van der Waals surface area contributed by atoms with Gasteiger partial charge in [-0.05, 0) is 31.0 Å². The van der Waals surface area contributed by atoms with Gasteiger partial charge in [0.25, 0.3) is 0 Å². The van der Waals surface area contributed by atoms with E-state index in [0.29, 0.717) is 5.75 Å². The Morgan fingerprint density at radius 3 is 2.54 bits per heavy atom. The summed E-state index contributed by atoms with van der Waals surface area (Å²) in [4.78, 5) is 0. The molecule has 1 rings (SSSR count). The minimum absolute atomic E-state index is 0.304. The van der Waals surface area contributed by atoms with Crippen molar-refractivity contribution in [3.8, 4) is 5.75 Å². The van der Waals surface area contributed by atoms with Crippen LogP contribution in [-0.2, 0) is 0 Å². The van der Waals surface area contributed by atoms with Crippen molar-refractivity contribution >= 4 is 12.2 Å². The van der Waals surface area contributed by atoms with Crippen LogP contribution in [0.2, 0.25) is 0 Å². The van der Waals surface area contributed by atoms with Crippen molar-refractivity contribution in [2.24, 2.45) is 0 Å². The molecule has 0 aliphatic rings. The average molecular weight is 174 g/mol. The third-order valence-corrected chi connectivity index (χ3v) is 2.02. The summed E-state index contributed by atoms with van der Waals surface area (Å²) in [7, 11) is 0. The van der Waals surface area contributed by atoms with E-state index in [9.17, 15) is 5.11 Å². The smallest absolute Gasteiger partial charge is 0.123 e. The minimum Gasteiger partial charge on any atom is -0.507 e. The van der Waals surface area contributed by atoms with E-state index < -0.39 is 0 Å². The molecule has 1 nitrogen and oxygen atoms in total. The number of rotatable bonds is 2. The average Bonchev–Trinajstić information content (AvgIpc) is 2.12. The Morgan fingerprint density at radius 2 is 2.00 bits per heavy atom. The summed E-state index contributed by atoms with van der Waals surface area (Å²) in [5.41, 5.74) is 2.97. The Hall–Kier alpha value is -1.50. The van der Waals surface area contributed by atoms with Gasteiger partial charge in [-0.1, -0.05) is 30.9 Å². The Bertz CT molecular complexity index is 348. The molecule has 0 spiro atoms. The first-order valence-electron chi connectivity index (χ1n) is 4.28. The number of allylic oxidation sites excluding steroid dienone is 1. The minimum atomic E-state index is 0.304. The number of aryl methyl sites for hydroxylation is 1. The summed E-state index contributed by atoms with van der Waals surface area (Å²) in [6, 6.07) is 3.59. The zero-order valence-corrected chi connectivity index (χ0v) is 8.04. The summed E-state index contributed by atoms with van der Waals surface area (Å²) < 4.78 is 0. The zero-order valence-electron chi connectivity index (χ0n) is 8.04. The number of phenolic OH excluding ortho intramolecular Hbond substituents is 1. The topological polar surface area (TPSA) is 20.2 Å². The highest BCUT2D eigenvalue weighted by Gasteiger charge is 2.04. The van der Waals surface area contributed by atoms with Crippen LogP contribution in [0.5, 0.6) is 5.75 Å². The molecule has 0 heterocycles. The van der Waals surface area contributed by atoms with Gasteiger partial charge in [0, 0.05) is 5.56 Å². The van der Waals surface area contributed by atoms with Crippen molar-refractivity contribution in [2.75, 3.05) is 0 Å². The maximum atomic E-state index is 9.58. The van der Waals surface area contributed by atoms with Crippen LogP contribution in [0, 0.1) is 6.92 Å².